The monoisotopic (exact) mass is 463 g/mol. The maximum atomic E-state index is 15.2. The molecule has 0 radical (unpaired) electrons. The van der Waals surface area contributed by atoms with E-state index >= 15 is 4.39 Å². The second-order valence-corrected chi connectivity index (χ2v) is 8.72. The van der Waals surface area contributed by atoms with E-state index in [1.165, 1.54) is 18.2 Å². The summed E-state index contributed by atoms with van der Waals surface area (Å²) in [7, 11) is 1.38. The number of carbonyl (C=O) groups excluding carboxylic acids is 1. The van der Waals surface area contributed by atoms with Crippen molar-refractivity contribution in [2.45, 2.75) is 44.1 Å². The molecular weight excluding hydrogens is 435 g/mol. The smallest absolute Gasteiger partial charge is 0.306 e. The fraction of sp³-hybridized carbons (Fsp3) is 0.500. The average Bonchev–Trinajstić information content (AvgIpc) is 3.40. The van der Waals surface area contributed by atoms with Gasteiger partial charge in [-0.15, -0.1) is 0 Å². The number of carbonyl (C=O) groups is 1. The summed E-state index contributed by atoms with van der Waals surface area (Å²) >= 11 is 0. The second-order valence-electron chi connectivity index (χ2n) is 8.72. The van der Waals surface area contributed by atoms with Gasteiger partial charge in [0.15, 0.2) is 11.6 Å². The number of ether oxygens (including phenoxy) is 2. The van der Waals surface area contributed by atoms with Crippen LogP contribution < -0.4 is 14.5 Å². The summed E-state index contributed by atoms with van der Waals surface area (Å²) in [6, 6.07) is 9.16. The first-order valence-corrected chi connectivity index (χ1v) is 11.1. The molecule has 2 atom stereocenters. The first-order chi connectivity index (χ1) is 15.8. The molecule has 1 aromatic heterocycles. The minimum absolute atomic E-state index is 0.0225. The zero-order valence-corrected chi connectivity index (χ0v) is 18.8. The van der Waals surface area contributed by atoms with Crippen molar-refractivity contribution in [2.75, 3.05) is 43.1 Å². The summed E-state index contributed by atoms with van der Waals surface area (Å²) in [5.41, 5.74) is 1.37. The second kappa shape index (κ2) is 9.49. The lowest BCUT2D eigenvalue weighted by molar-refractivity contribution is -0.140. The molecule has 1 aromatic carbocycles. The normalized spacial score (nSPS) is 20.7. The fourth-order valence-corrected chi connectivity index (χ4v) is 4.37. The highest BCUT2D eigenvalue weighted by molar-refractivity contribution is 5.70. The van der Waals surface area contributed by atoms with E-state index in [1.54, 1.807) is 6.07 Å². The van der Waals surface area contributed by atoms with Gasteiger partial charge in [0.1, 0.15) is 11.9 Å². The molecule has 2 aromatic rings. The van der Waals surface area contributed by atoms with Gasteiger partial charge in [0.05, 0.1) is 32.3 Å². The highest BCUT2D eigenvalue weighted by atomic mass is 19.3. The van der Waals surface area contributed by atoms with Crippen molar-refractivity contribution >= 4 is 17.5 Å². The van der Waals surface area contributed by atoms with Gasteiger partial charge >= 0.3 is 5.97 Å². The van der Waals surface area contributed by atoms with Crippen molar-refractivity contribution in [3.63, 3.8) is 0 Å². The van der Waals surface area contributed by atoms with Gasteiger partial charge < -0.3 is 19.3 Å². The molecule has 2 fully saturated rings. The number of rotatable bonds is 7. The number of benzene rings is 1. The molecule has 2 aliphatic rings. The zero-order chi connectivity index (χ0) is 23.6. The standard InChI is InChI=1S/C24H28F3N3O3/c1-16(13-21(31)32-2)17-3-5-18(6-4-17)33-19-8-11-29(14-19)20-7-10-28-23(22(20)25)30-12-9-24(26,27)15-30/h3-7,10,16,19H,8-9,11-15H2,1-2H3/t16-,19?/m1/s1. The molecule has 2 aliphatic heterocycles. The van der Waals surface area contributed by atoms with Crippen LogP contribution in [0.2, 0.25) is 0 Å². The molecule has 0 bridgehead atoms. The van der Waals surface area contributed by atoms with E-state index in [2.05, 4.69) is 4.98 Å². The maximum Gasteiger partial charge on any atom is 0.306 e. The Kier molecular flexibility index (Phi) is 6.67. The van der Waals surface area contributed by atoms with Gasteiger partial charge in [-0.25, -0.2) is 18.2 Å². The van der Waals surface area contributed by atoms with Crippen LogP contribution in [-0.2, 0) is 9.53 Å². The molecule has 1 unspecified atom stereocenters. The van der Waals surface area contributed by atoms with E-state index in [9.17, 15) is 13.6 Å². The van der Waals surface area contributed by atoms with E-state index in [-0.39, 0.29) is 36.8 Å². The number of methoxy groups -OCH3 is 1. The highest BCUT2D eigenvalue weighted by Crippen LogP contribution is 2.35. The summed E-state index contributed by atoms with van der Waals surface area (Å²) in [5.74, 6) is -2.92. The predicted molar refractivity (Wildman–Crippen MR) is 119 cm³/mol. The van der Waals surface area contributed by atoms with Crippen LogP contribution in [0.15, 0.2) is 36.5 Å². The van der Waals surface area contributed by atoms with Gasteiger partial charge in [-0.3, -0.25) is 4.79 Å². The van der Waals surface area contributed by atoms with Crippen molar-refractivity contribution in [1.82, 2.24) is 4.98 Å². The molecule has 0 amide bonds. The third kappa shape index (κ3) is 5.34. The van der Waals surface area contributed by atoms with Crippen molar-refractivity contribution in [3.05, 3.63) is 47.9 Å². The Morgan fingerprint density at radius 2 is 1.97 bits per heavy atom. The van der Waals surface area contributed by atoms with Crippen LogP contribution in [0.3, 0.4) is 0 Å². The number of halogens is 3. The number of nitrogens with zero attached hydrogens (tertiary/aromatic N) is 3. The van der Waals surface area contributed by atoms with Crippen LogP contribution >= 0.6 is 0 Å². The predicted octanol–water partition coefficient (Wildman–Crippen LogP) is 4.39. The maximum absolute atomic E-state index is 15.2. The number of anilines is 2. The van der Waals surface area contributed by atoms with Gasteiger partial charge in [-0.05, 0) is 29.7 Å². The van der Waals surface area contributed by atoms with E-state index < -0.39 is 18.3 Å². The summed E-state index contributed by atoms with van der Waals surface area (Å²) in [4.78, 5) is 18.7. The molecule has 0 aliphatic carbocycles. The molecule has 4 rings (SSSR count). The van der Waals surface area contributed by atoms with E-state index in [4.69, 9.17) is 9.47 Å². The van der Waals surface area contributed by atoms with Crippen LogP contribution in [0.1, 0.15) is 37.7 Å². The molecule has 9 heteroatoms. The molecule has 2 saturated heterocycles. The van der Waals surface area contributed by atoms with Crippen molar-refractivity contribution < 1.29 is 27.4 Å². The molecule has 178 valence electrons. The quantitative estimate of drug-likeness (QED) is 0.568. The summed E-state index contributed by atoms with van der Waals surface area (Å²) in [6.07, 6.45) is 2.06. The zero-order valence-electron chi connectivity index (χ0n) is 18.8. The minimum atomic E-state index is -2.82. The summed E-state index contributed by atoms with van der Waals surface area (Å²) in [5, 5.41) is 0. The largest absolute Gasteiger partial charge is 0.489 e. The highest BCUT2D eigenvalue weighted by Gasteiger charge is 2.40. The van der Waals surface area contributed by atoms with Gasteiger partial charge in [-0.2, -0.15) is 0 Å². The first kappa shape index (κ1) is 23.2. The SMILES string of the molecule is COC(=O)C[C@@H](C)c1ccc(OC2CCN(c3ccnc(N4CCC(F)(F)C4)c3F)C2)cc1. The van der Waals surface area contributed by atoms with Gasteiger partial charge in [0.25, 0.3) is 5.92 Å². The third-order valence-corrected chi connectivity index (χ3v) is 6.26. The lowest BCUT2D eigenvalue weighted by Crippen LogP contribution is -2.28. The molecule has 3 heterocycles. The Hall–Kier alpha value is -2.97. The van der Waals surface area contributed by atoms with E-state index in [0.717, 1.165) is 5.56 Å². The Balaban J connectivity index is 1.37. The number of aromatic nitrogens is 1. The Bertz CT molecular complexity index is 987. The Morgan fingerprint density at radius 1 is 1.21 bits per heavy atom. The lowest BCUT2D eigenvalue weighted by atomic mass is 9.98. The molecule has 6 nitrogen and oxygen atoms in total. The van der Waals surface area contributed by atoms with Crippen molar-refractivity contribution in [3.8, 4) is 5.75 Å². The lowest BCUT2D eigenvalue weighted by Gasteiger charge is -2.23. The molecule has 0 N–H and O–H groups in total. The van der Waals surface area contributed by atoms with Crippen LogP contribution in [0.25, 0.3) is 0 Å². The Morgan fingerprint density at radius 3 is 2.64 bits per heavy atom. The number of hydrogen-bond acceptors (Lipinski definition) is 6. The summed E-state index contributed by atoms with van der Waals surface area (Å²) in [6.45, 7) is 2.61. The fourth-order valence-electron chi connectivity index (χ4n) is 4.37. The van der Waals surface area contributed by atoms with Crippen molar-refractivity contribution in [1.29, 1.82) is 0 Å². The average molecular weight is 464 g/mol. The van der Waals surface area contributed by atoms with Crippen LogP contribution in [0.4, 0.5) is 24.7 Å². The first-order valence-electron chi connectivity index (χ1n) is 11.1. The molecular formula is C24H28F3N3O3. The van der Waals surface area contributed by atoms with Gasteiger partial charge in [-0.1, -0.05) is 19.1 Å². The Labute approximate surface area is 191 Å². The van der Waals surface area contributed by atoms with E-state index in [1.807, 2.05) is 36.1 Å². The topological polar surface area (TPSA) is 54.9 Å². The number of hydrogen-bond donors (Lipinski definition) is 0. The number of esters is 1. The van der Waals surface area contributed by atoms with E-state index in [0.29, 0.717) is 37.4 Å². The summed E-state index contributed by atoms with van der Waals surface area (Å²) < 4.78 is 53.1. The molecule has 0 saturated carbocycles. The van der Waals surface area contributed by atoms with Gasteiger partial charge in [0.2, 0.25) is 0 Å². The van der Waals surface area contributed by atoms with Crippen LogP contribution in [0.5, 0.6) is 5.75 Å². The number of pyridine rings is 1. The van der Waals surface area contributed by atoms with Gasteiger partial charge in [0, 0.05) is 32.1 Å². The van der Waals surface area contributed by atoms with Crippen LogP contribution in [0, 0.1) is 5.82 Å². The number of alkyl halides is 2. The minimum Gasteiger partial charge on any atom is -0.489 e. The molecule has 0 spiro atoms. The van der Waals surface area contributed by atoms with Crippen LogP contribution in [-0.4, -0.2) is 56.3 Å². The third-order valence-electron chi connectivity index (χ3n) is 6.26. The molecule has 33 heavy (non-hydrogen) atoms. The van der Waals surface area contributed by atoms with Crippen molar-refractivity contribution in [2.24, 2.45) is 0 Å².